The second kappa shape index (κ2) is 4.14. The van der Waals surface area contributed by atoms with Crippen molar-refractivity contribution in [1.29, 1.82) is 0 Å². The minimum Gasteiger partial charge on any atom is -0.443 e. The van der Waals surface area contributed by atoms with E-state index < -0.39 is 0 Å². The second-order valence-electron chi connectivity index (χ2n) is 4.02. The molecule has 2 aliphatic rings. The van der Waals surface area contributed by atoms with Crippen LogP contribution in [0.25, 0.3) is 0 Å². The van der Waals surface area contributed by atoms with E-state index in [0.29, 0.717) is 12.6 Å². The first-order chi connectivity index (χ1) is 6.74. The van der Waals surface area contributed by atoms with E-state index in [2.05, 4.69) is 22.5 Å². The Morgan fingerprint density at radius 1 is 1.64 bits per heavy atom. The van der Waals surface area contributed by atoms with E-state index in [1.54, 1.807) is 0 Å². The van der Waals surface area contributed by atoms with E-state index in [9.17, 15) is 4.79 Å². The number of amides is 1. The van der Waals surface area contributed by atoms with Crippen molar-refractivity contribution in [1.82, 2.24) is 15.5 Å². The van der Waals surface area contributed by atoms with Gasteiger partial charge in [-0.1, -0.05) is 0 Å². The van der Waals surface area contributed by atoms with Crippen LogP contribution in [0.15, 0.2) is 0 Å². The molecule has 0 aromatic rings. The number of carbonyl (C=O) groups excluding carboxylic acids is 1. The summed E-state index contributed by atoms with van der Waals surface area (Å²) in [6, 6.07) is 0.536. The maximum absolute atomic E-state index is 10.8. The largest absolute Gasteiger partial charge is 0.443 e. The molecule has 1 unspecified atom stereocenters. The summed E-state index contributed by atoms with van der Waals surface area (Å²) in [6.07, 6.45) is -0.244. The van der Waals surface area contributed by atoms with Gasteiger partial charge in [-0.2, -0.15) is 0 Å². The smallest absolute Gasteiger partial charge is 0.407 e. The van der Waals surface area contributed by atoms with Crippen LogP contribution in [0.1, 0.15) is 6.92 Å². The summed E-state index contributed by atoms with van der Waals surface area (Å²) < 4.78 is 5.09. The highest BCUT2D eigenvalue weighted by Crippen LogP contribution is 2.05. The Hall–Kier alpha value is -0.810. The molecule has 5 nitrogen and oxygen atoms in total. The monoisotopic (exact) mass is 199 g/mol. The zero-order valence-corrected chi connectivity index (χ0v) is 8.45. The summed E-state index contributed by atoms with van der Waals surface area (Å²) in [4.78, 5) is 13.1. The van der Waals surface area contributed by atoms with Gasteiger partial charge >= 0.3 is 6.09 Å². The molecule has 2 fully saturated rings. The van der Waals surface area contributed by atoms with Crippen LogP contribution >= 0.6 is 0 Å². The Labute approximate surface area is 83.8 Å². The third-order valence-electron chi connectivity index (χ3n) is 2.66. The van der Waals surface area contributed by atoms with Gasteiger partial charge in [-0.3, -0.25) is 4.90 Å². The Morgan fingerprint density at radius 2 is 2.50 bits per heavy atom. The molecule has 2 saturated heterocycles. The molecule has 2 rings (SSSR count). The first-order valence-electron chi connectivity index (χ1n) is 5.14. The van der Waals surface area contributed by atoms with Gasteiger partial charge in [0.05, 0.1) is 6.54 Å². The fourth-order valence-electron chi connectivity index (χ4n) is 2.00. The lowest BCUT2D eigenvalue weighted by molar-refractivity contribution is 0.0967. The molecular weight excluding hydrogens is 182 g/mol. The molecule has 2 aliphatic heterocycles. The number of hydrogen-bond acceptors (Lipinski definition) is 4. The van der Waals surface area contributed by atoms with Gasteiger partial charge in [-0.15, -0.1) is 0 Å². The Morgan fingerprint density at radius 3 is 3.14 bits per heavy atom. The predicted molar refractivity (Wildman–Crippen MR) is 52.2 cm³/mol. The zero-order valence-electron chi connectivity index (χ0n) is 8.45. The molecule has 0 aromatic carbocycles. The molecule has 0 saturated carbocycles. The maximum Gasteiger partial charge on any atom is 0.407 e. The minimum atomic E-state index is -0.279. The highest BCUT2D eigenvalue weighted by Gasteiger charge is 2.26. The van der Waals surface area contributed by atoms with Crippen molar-refractivity contribution in [3.05, 3.63) is 0 Å². The van der Waals surface area contributed by atoms with Crippen LogP contribution in [0.5, 0.6) is 0 Å². The van der Waals surface area contributed by atoms with Crippen LogP contribution in [0.4, 0.5) is 4.79 Å². The van der Waals surface area contributed by atoms with Crippen LogP contribution < -0.4 is 10.6 Å². The average Bonchev–Trinajstić information content (AvgIpc) is 2.51. The van der Waals surface area contributed by atoms with Crippen molar-refractivity contribution < 1.29 is 9.53 Å². The molecule has 80 valence electrons. The fourth-order valence-corrected chi connectivity index (χ4v) is 2.00. The summed E-state index contributed by atoms with van der Waals surface area (Å²) in [5, 5.41) is 6.05. The molecular formula is C9H17N3O2. The number of cyclic esters (lactones) is 1. The van der Waals surface area contributed by atoms with Crippen molar-refractivity contribution in [3.8, 4) is 0 Å². The number of nitrogens with zero attached hydrogens (tertiary/aromatic N) is 1. The molecule has 2 heterocycles. The molecule has 0 radical (unpaired) electrons. The van der Waals surface area contributed by atoms with Crippen LogP contribution in [0, 0.1) is 0 Å². The van der Waals surface area contributed by atoms with E-state index >= 15 is 0 Å². The molecule has 0 aromatic heterocycles. The third-order valence-corrected chi connectivity index (χ3v) is 2.66. The second-order valence-corrected chi connectivity index (χ2v) is 4.02. The van der Waals surface area contributed by atoms with Gasteiger partial charge in [-0.25, -0.2) is 4.79 Å². The Balaban J connectivity index is 1.76. The summed E-state index contributed by atoms with van der Waals surface area (Å²) in [5.41, 5.74) is 0. The maximum atomic E-state index is 10.8. The van der Waals surface area contributed by atoms with Gasteiger partial charge in [-0.05, 0) is 6.92 Å². The lowest BCUT2D eigenvalue weighted by Gasteiger charge is -2.32. The topological polar surface area (TPSA) is 53.6 Å². The first-order valence-corrected chi connectivity index (χ1v) is 5.14. The van der Waals surface area contributed by atoms with Crippen LogP contribution in [-0.2, 0) is 4.74 Å². The average molecular weight is 199 g/mol. The van der Waals surface area contributed by atoms with Crippen molar-refractivity contribution in [2.45, 2.75) is 19.1 Å². The van der Waals surface area contributed by atoms with Gasteiger partial charge in [0, 0.05) is 32.2 Å². The number of carbonyl (C=O) groups is 1. The van der Waals surface area contributed by atoms with E-state index in [4.69, 9.17) is 4.74 Å². The summed E-state index contributed by atoms with van der Waals surface area (Å²) in [5.74, 6) is 0. The third kappa shape index (κ3) is 2.36. The number of piperazine rings is 1. The predicted octanol–water partition coefficient (Wildman–Crippen LogP) is -0.611. The molecule has 14 heavy (non-hydrogen) atoms. The summed E-state index contributed by atoms with van der Waals surface area (Å²) >= 11 is 0. The van der Waals surface area contributed by atoms with Crippen LogP contribution in [0.2, 0.25) is 0 Å². The summed E-state index contributed by atoms with van der Waals surface area (Å²) in [7, 11) is 0. The number of nitrogens with one attached hydrogen (secondary N) is 2. The zero-order chi connectivity index (χ0) is 9.97. The van der Waals surface area contributed by atoms with Gasteiger partial charge in [0.1, 0.15) is 6.10 Å². The van der Waals surface area contributed by atoms with Crippen LogP contribution in [-0.4, -0.2) is 55.9 Å². The standard InChI is InChI=1S/C9H17N3O2/c1-7-5-12(3-2-10-7)6-8-4-11-9(13)14-8/h7-8,10H,2-6H2,1H3,(H,11,13)/t7-,8?/m1/s1. The van der Waals surface area contributed by atoms with Gasteiger partial charge in [0.25, 0.3) is 0 Å². The van der Waals surface area contributed by atoms with E-state index in [1.807, 2.05) is 0 Å². The molecule has 5 heteroatoms. The van der Waals surface area contributed by atoms with Gasteiger partial charge in [0.15, 0.2) is 0 Å². The number of alkyl carbamates (subject to hydrolysis) is 1. The number of rotatable bonds is 2. The molecule has 2 atom stereocenters. The first kappa shape index (κ1) is 9.73. The highest BCUT2D eigenvalue weighted by molar-refractivity contribution is 5.69. The van der Waals surface area contributed by atoms with Gasteiger partial charge in [0.2, 0.25) is 0 Å². The van der Waals surface area contributed by atoms with E-state index in [-0.39, 0.29) is 12.2 Å². The molecule has 1 amide bonds. The molecule has 2 N–H and O–H groups in total. The Kier molecular flexibility index (Phi) is 2.88. The summed E-state index contributed by atoms with van der Waals surface area (Å²) in [6.45, 7) is 6.77. The quantitative estimate of drug-likeness (QED) is 0.623. The lowest BCUT2D eigenvalue weighted by atomic mass is 10.2. The Bertz CT molecular complexity index is 222. The SMILES string of the molecule is C[C@@H]1CN(CC2CNC(=O)O2)CCN1. The number of ether oxygens (including phenoxy) is 1. The molecule has 0 aliphatic carbocycles. The van der Waals surface area contributed by atoms with Crippen molar-refractivity contribution in [2.24, 2.45) is 0 Å². The normalized spacial score (nSPS) is 33.9. The van der Waals surface area contributed by atoms with E-state index in [0.717, 1.165) is 26.2 Å². The molecule has 0 bridgehead atoms. The van der Waals surface area contributed by atoms with E-state index in [1.165, 1.54) is 0 Å². The van der Waals surface area contributed by atoms with Crippen molar-refractivity contribution >= 4 is 6.09 Å². The lowest BCUT2D eigenvalue weighted by Crippen LogP contribution is -2.51. The fraction of sp³-hybridized carbons (Fsp3) is 0.889. The van der Waals surface area contributed by atoms with Crippen molar-refractivity contribution in [3.63, 3.8) is 0 Å². The van der Waals surface area contributed by atoms with Gasteiger partial charge < -0.3 is 15.4 Å². The molecule has 0 spiro atoms. The number of hydrogen-bond donors (Lipinski definition) is 2. The van der Waals surface area contributed by atoms with Crippen molar-refractivity contribution in [2.75, 3.05) is 32.7 Å². The minimum absolute atomic E-state index is 0.0350. The van der Waals surface area contributed by atoms with Crippen LogP contribution in [0.3, 0.4) is 0 Å². The highest BCUT2D eigenvalue weighted by atomic mass is 16.6.